The van der Waals surface area contributed by atoms with Gasteiger partial charge in [0.05, 0.1) is 12.8 Å². The van der Waals surface area contributed by atoms with Gasteiger partial charge in [-0.15, -0.1) is 0 Å². The number of hydrogen-bond acceptors (Lipinski definition) is 3. The zero-order valence-corrected chi connectivity index (χ0v) is 12.6. The van der Waals surface area contributed by atoms with Crippen LogP contribution in [-0.4, -0.2) is 19.1 Å². The van der Waals surface area contributed by atoms with Crippen LogP contribution in [0.25, 0.3) is 0 Å². The molecule has 1 saturated carbocycles. The lowest BCUT2D eigenvalue weighted by Crippen LogP contribution is -2.32. The number of carbonyl (C=O) groups excluding carboxylic acids is 1. The fourth-order valence-electron chi connectivity index (χ4n) is 1.85. The molecule has 0 saturated heterocycles. The molecule has 2 rings (SSSR count). The van der Waals surface area contributed by atoms with Gasteiger partial charge in [0.1, 0.15) is 6.04 Å². The van der Waals surface area contributed by atoms with Crippen molar-refractivity contribution in [1.29, 1.82) is 0 Å². The van der Waals surface area contributed by atoms with Gasteiger partial charge in [-0.2, -0.15) is 0 Å². The first-order chi connectivity index (χ1) is 8.52. The lowest BCUT2D eigenvalue weighted by atomic mass is 10.1. The Morgan fingerprint density at radius 1 is 1.56 bits per heavy atom. The number of anilines is 1. The molecule has 1 aromatic rings. The van der Waals surface area contributed by atoms with Gasteiger partial charge < -0.3 is 10.1 Å². The summed E-state index contributed by atoms with van der Waals surface area (Å²) in [5.41, 5.74) is 1.82. The minimum absolute atomic E-state index is 0.221. The van der Waals surface area contributed by atoms with Crippen LogP contribution < -0.4 is 5.32 Å². The number of benzene rings is 1. The van der Waals surface area contributed by atoms with Crippen LogP contribution in [0.15, 0.2) is 16.6 Å². The number of methoxy groups -OCH3 is 1. The third kappa shape index (κ3) is 2.98. The van der Waals surface area contributed by atoms with Crippen molar-refractivity contribution in [2.24, 2.45) is 5.92 Å². The van der Waals surface area contributed by atoms with Crippen molar-refractivity contribution in [3.8, 4) is 0 Å². The Morgan fingerprint density at radius 2 is 2.22 bits per heavy atom. The van der Waals surface area contributed by atoms with E-state index < -0.39 is 0 Å². The van der Waals surface area contributed by atoms with E-state index in [1.807, 2.05) is 19.1 Å². The van der Waals surface area contributed by atoms with Crippen molar-refractivity contribution in [1.82, 2.24) is 0 Å². The Labute approximate surface area is 120 Å². The summed E-state index contributed by atoms with van der Waals surface area (Å²) < 4.78 is 5.73. The van der Waals surface area contributed by atoms with E-state index in [9.17, 15) is 4.79 Å². The average molecular weight is 333 g/mol. The van der Waals surface area contributed by atoms with Crippen LogP contribution >= 0.6 is 27.5 Å². The molecule has 1 aromatic carbocycles. The van der Waals surface area contributed by atoms with Crippen LogP contribution in [0.3, 0.4) is 0 Å². The van der Waals surface area contributed by atoms with Gasteiger partial charge in [-0.1, -0.05) is 11.6 Å². The lowest BCUT2D eigenvalue weighted by molar-refractivity contribution is -0.142. The van der Waals surface area contributed by atoms with Gasteiger partial charge >= 0.3 is 5.97 Å². The fourth-order valence-corrected chi connectivity index (χ4v) is 2.59. The highest BCUT2D eigenvalue weighted by Gasteiger charge is 2.37. The smallest absolute Gasteiger partial charge is 0.328 e. The van der Waals surface area contributed by atoms with Crippen molar-refractivity contribution in [3.63, 3.8) is 0 Å². The molecule has 1 aliphatic rings. The summed E-state index contributed by atoms with van der Waals surface area (Å²) in [5.74, 6) is 0.144. The number of ether oxygens (including phenoxy) is 1. The van der Waals surface area contributed by atoms with Crippen molar-refractivity contribution in [3.05, 3.63) is 27.2 Å². The Hall–Kier alpha value is -0.740. The second kappa shape index (κ2) is 5.49. The third-order valence-electron chi connectivity index (χ3n) is 3.11. The predicted octanol–water partition coefficient (Wildman–Crippen LogP) is 3.77. The third-order valence-corrected chi connectivity index (χ3v) is 4.17. The van der Waals surface area contributed by atoms with E-state index in [-0.39, 0.29) is 12.0 Å². The molecule has 0 aromatic heterocycles. The second-order valence-corrected chi connectivity index (χ2v) is 5.83. The van der Waals surface area contributed by atoms with Gasteiger partial charge in [0.15, 0.2) is 0 Å². The first-order valence-corrected chi connectivity index (χ1v) is 7.00. The highest BCUT2D eigenvalue weighted by Crippen LogP contribution is 2.37. The minimum Gasteiger partial charge on any atom is -0.467 e. The summed E-state index contributed by atoms with van der Waals surface area (Å²) >= 11 is 9.58. The number of hydrogen-bond donors (Lipinski definition) is 1. The van der Waals surface area contributed by atoms with Crippen molar-refractivity contribution < 1.29 is 9.53 Å². The van der Waals surface area contributed by atoms with Crippen LogP contribution in [0.1, 0.15) is 18.4 Å². The van der Waals surface area contributed by atoms with Crippen molar-refractivity contribution >= 4 is 39.2 Å². The Kier molecular flexibility index (Phi) is 4.17. The summed E-state index contributed by atoms with van der Waals surface area (Å²) in [7, 11) is 1.41. The zero-order valence-electron chi connectivity index (χ0n) is 10.3. The van der Waals surface area contributed by atoms with Gasteiger partial charge in [0, 0.05) is 9.50 Å². The highest BCUT2D eigenvalue weighted by molar-refractivity contribution is 9.10. The van der Waals surface area contributed by atoms with E-state index in [2.05, 4.69) is 21.2 Å². The molecule has 3 nitrogen and oxygen atoms in total. The number of nitrogens with one attached hydrogen (secondary N) is 1. The topological polar surface area (TPSA) is 38.3 Å². The maximum Gasteiger partial charge on any atom is 0.328 e. The van der Waals surface area contributed by atoms with E-state index in [1.54, 1.807) is 0 Å². The SMILES string of the molecule is COC(=O)C(Nc1cc(Cl)c(C)cc1Br)C1CC1. The molecule has 1 aliphatic carbocycles. The average Bonchev–Trinajstić information content (AvgIpc) is 3.15. The zero-order chi connectivity index (χ0) is 13.3. The van der Waals surface area contributed by atoms with Crippen LogP contribution in [0.4, 0.5) is 5.69 Å². The molecular formula is C13H15BrClNO2. The molecule has 0 spiro atoms. The second-order valence-electron chi connectivity index (χ2n) is 4.56. The number of aryl methyl sites for hydroxylation is 1. The Bertz CT molecular complexity index is 474. The maximum atomic E-state index is 11.7. The summed E-state index contributed by atoms with van der Waals surface area (Å²) in [6.07, 6.45) is 2.12. The molecule has 5 heteroatoms. The number of rotatable bonds is 4. The monoisotopic (exact) mass is 331 g/mol. The summed E-state index contributed by atoms with van der Waals surface area (Å²) in [6.45, 7) is 1.94. The normalized spacial score (nSPS) is 16.2. The standard InChI is InChI=1S/C13H15BrClNO2/c1-7-5-9(14)11(6-10(7)15)16-12(8-3-4-8)13(17)18-2/h5-6,8,12,16H,3-4H2,1-2H3. The van der Waals surface area contributed by atoms with Crippen molar-refractivity contribution in [2.75, 3.05) is 12.4 Å². The van der Waals surface area contributed by atoms with Gasteiger partial charge in [0.2, 0.25) is 0 Å². The van der Waals surface area contributed by atoms with Gasteiger partial charge in [-0.3, -0.25) is 0 Å². The molecule has 1 unspecified atom stereocenters. The molecule has 1 fully saturated rings. The Morgan fingerprint density at radius 3 is 2.78 bits per heavy atom. The first-order valence-electron chi connectivity index (χ1n) is 5.83. The molecule has 1 N–H and O–H groups in total. The van der Waals surface area contributed by atoms with E-state index in [4.69, 9.17) is 16.3 Å². The molecule has 0 amide bonds. The maximum absolute atomic E-state index is 11.7. The van der Waals surface area contributed by atoms with Crippen molar-refractivity contribution in [2.45, 2.75) is 25.8 Å². The van der Waals surface area contributed by atoms with E-state index >= 15 is 0 Å². The number of esters is 1. The quantitative estimate of drug-likeness (QED) is 0.853. The van der Waals surface area contributed by atoms with Crippen LogP contribution in [0.2, 0.25) is 5.02 Å². The molecule has 0 aliphatic heterocycles. The highest BCUT2D eigenvalue weighted by atomic mass is 79.9. The van der Waals surface area contributed by atoms with Gasteiger partial charge in [-0.05, 0) is 59.3 Å². The summed E-state index contributed by atoms with van der Waals surface area (Å²) in [4.78, 5) is 11.7. The minimum atomic E-state index is -0.287. The van der Waals surface area contributed by atoms with E-state index in [1.165, 1.54) is 7.11 Å². The lowest BCUT2D eigenvalue weighted by Gasteiger charge is -2.18. The molecule has 18 heavy (non-hydrogen) atoms. The largest absolute Gasteiger partial charge is 0.467 e. The van der Waals surface area contributed by atoms with Crippen LogP contribution in [0.5, 0.6) is 0 Å². The first kappa shape index (κ1) is 13.7. The molecule has 0 bridgehead atoms. The molecule has 0 heterocycles. The summed E-state index contributed by atoms with van der Waals surface area (Å²) in [5, 5.41) is 3.90. The van der Waals surface area contributed by atoms with Crippen LogP contribution in [0, 0.1) is 12.8 Å². The molecular weight excluding hydrogens is 318 g/mol. The Balaban J connectivity index is 2.21. The molecule has 1 atom stereocenters. The molecule has 98 valence electrons. The van der Waals surface area contributed by atoms with Gasteiger partial charge in [-0.25, -0.2) is 4.79 Å². The number of halogens is 2. The van der Waals surface area contributed by atoms with E-state index in [0.29, 0.717) is 10.9 Å². The number of carbonyl (C=O) groups is 1. The summed E-state index contributed by atoms with van der Waals surface area (Å²) in [6, 6.07) is 3.48. The van der Waals surface area contributed by atoms with Crippen LogP contribution in [-0.2, 0) is 9.53 Å². The van der Waals surface area contributed by atoms with Gasteiger partial charge in [0.25, 0.3) is 0 Å². The van der Waals surface area contributed by atoms with E-state index in [0.717, 1.165) is 28.6 Å². The fraction of sp³-hybridized carbons (Fsp3) is 0.462. The molecule has 0 radical (unpaired) electrons. The predicted molar refractivity (Wildman–Crippen MR) is 76.0 cm³/mol.